The summed E-state index contributed by atoms with van der Waals surface area (Å²) in [5, 5.41) is 0.0479. The van der Waals surface area contributed by atoms with Gasteiger partial charge in [0.05, 0.1) is 7.11 Å². The Balaban J connectivity index is 4.14. The van der Waals surface area contributed by atoms with Crippen molar-refractivity contribution in [2.75, 3.05) is 7.11 Å². The second-order valence-electron chi connectivity index (χ2n) is 3.52. The predicted octanol–water partition coefficient (Wildman–Crippen LogP) is 3.38. The molecule has 0 spiro atoms. The molecule has 0 amide bonds. The van der Waals surface area contributed by atoms with Gasteiger partial charge in [-0.25, -0.2) is 4.79 Å². The van der Waals surface area contributed by atoms with Gasteiger partial charge in [0.1, 0.15) is 0 Å². The Morgan fingerprint density at radius 1 is 1.43 bits per heavy atom. The minimum atomic E-state index is -1.46. The van der Waals surface area contributed by atoms with Gasteiger partial charge >= 0.3 is 5.97 Å². The van der Waals surface area contributed by atoms with Gasteiger partial charge in [-0.3, -0.25) is 0 Å². The van der Waals surface area contributed by atoms with Crippen LogP contribution in [0.25, 0.3) is 0 Å². The number of halogens is 3. The summed E-state index contributed by atoms with van der Waals surface area (Å²) in [7, 11) is 1.26. The van der Waals surface area contributed by atoms with Crippen molar-refractivity contribution < 1.29 is 9.53 Å². The van der Waals surface area contributed by atoms with Gasteiger partial charge in [0, 0.05) is 5.38 Å². The summed E-state index contributed by atoms with van der Waals surface area (Å²) in [6.07, 6.45) is 1.11. The van der Waals surface area contributed by atoms with Gasteiger partial charge in [0.2, 0.25) is 4.33 Å². The number of hydrogen-bond donors (Lipinski definition) is 0. The molecule has 14 heavy (non-hydrogen) atoms. The first-order chi connectivity index (χ1) is 6.29. The molecule has 0 bridgehead atoms. The van der Waals surface area contributed by atoms with Crippen LogP contribution >= 0.6 is 34.8 Å². The lowest BCUT2D eigenvalue weighted by Crippen LogP contribution is -2.30. The maximum absolute atomic E-state index is 11.1. The molecule has 5 heteroatoms. The van der Waals surface area contributed by atoms with E-state index in [4.69, 9.17) is 34.8 Å². The van der Waals surface area contributed by atoms with Crippen molar-refractivity contribution >= 4 is 40.8 Å². The normalized spacial score (nSPS) is 16.1. The van der Waals surface area contributed by atoms with E-state index < -0.39 is 10.3 Å². The van der Waals surface area contributed by atoms with Gasteiger partial charge in [0.15, 0.2) is 0 Å². The van der Waals surface area contributed by atoms with Crippen LogP contribution in [0.4, 0.5) is 0 Å². The van der Waals surface area contributed by atoms with Crippen molar-refractivity contribution in [3.05, 3.63) is 0 Å². The summed E-state index contributed by atoms with van der Waals surface area (Å²) in [5.41, 5.74) is 0. The van der Waals surface area contributed by atoms with Gasteiger partial charge in [-0.05, 0) is 25.7 Å². The third kappa shape index (κ3) is 5.28. The largest absolute Gasteiger partial charge is 0.467 e. The Kier molecular flexibility index (Phi) is 6.19. The molecular formula is C9H15Cl3O2. The molecule has 2 nitrogen and oxygen atoms in total. The van der Waals surface area contributed by atoms with E-state index in [0.717, 1.165) is 6.42 Å². The fourth-order valence-electron chi connectivity index (χ4n) is 1.31. The van der Waals surface area contributed by atoms with E-state index in [9.17, 15) is 4.79 Å². The zero-order valence-electron chi connectivity index (χ0n) is 8.52. The van der Waals surface area contributed by atoms with Crippen LogP contribution in [0.15, 0.2) is 0 Å². The molecule has 84 valence electrons. The predicted molar refractivity (Wildman–Crippen MR) is 60.2 cm³/mol. The third-order valence-electron chi connectivity index (χ3n) is 1.82. The van der Waals surface area contributed by atoms with E-state index in [2.05, 4.69) is 4.74 Å². The molecule has 0 aromatic rings. The molecule has 0 radical (unpaired) electrons. The number of ether oxygens (including phenoxy) is 1. The van der Waals surface area contributed by atoms with E-state index in [1.807, 2.05) is 13.8 Å². The molecule has 2 atom stereocenters. The summed E-state index contributed by atoms with van der Waals surface area (Å²) >= 11 is 17.4. The van der Waals surface area contributed by atoms with E-state index >= 15 is 0 Å². The fourth-order valence-corrected chi connectivity index (χ4v) is 2.29. The zero-order chi connectivity index (χ0) is 11.4. The Morgan fingerprint density at radius 3 is 2.29 bits per heavy atom. The molecule has 0 rings (SSSR count). The highest BCUT2D eigenvalue weighted by Crippen LogP contribution is 2.32. The van der Waals surface area contributed by atoms with Crippen LogP contribution in [0.2, 0.25) is 0 Å². The monoisotopic (exact) mass is 260 g/mol. The van der Waals surface area contributed by atoms with Crippen LogP contribution in [0.3, 0.4) is 0 Å². The molecule has 0 aromatic heterocycles. The first kappa shape index (κ1) is 14.3. The van der Waals surface area contributed by atoms with E-state index in [0.29, 0.717) is 6.42 Å². The average Bonchev–Trinajstić information content (AvgIpc) is 1.99. The first-order valence-electron chi connectivity index (χ1n) is 4.40. The lowest BCUT2D eigenvalue weighted by Gasteiger charge is -2.21. The lowest BCUT2D eigenvalue weighted by molar-refractivity contribution is -0.141. The van der Waals surface area contributed by atoms with Gasteiger partial charge in [-0.2, -0.15) is 0 Å². The number of rotatable bonds is 5. The van der Waals surface area contributed by atoms with Gasteiger partial charge in [0.25, 0.3) is 0 Å². The molecule has 0 aliphatic rings. The molecule has 0 fully saturated rings. The minimum Gasteiger partial charge on any atom is -0.467 e. The van der Waals surface area contributed by atoms with Crippen molar-refractivity contribution in [2.45, 2.75) is 36.4 Å². The van der Waals surface area contributed by atoms with Gasteiger partial charge in [-0.15, -0.1) is 11.6 Å². The van der Waals surface area contributed by atoms with Crippen molar-refractivity contribution in [1.29, 1.82) is 0 Å². The second kappa shape index (κ2) is 6.04. The maximum Gasteiger partial charge on any atom is 0.342 e. The highest BCUT2D eigenvalue weighted by molar-refractivity contribution is 6.57. The number of alkyl halides is 3. The Hall–Kier alpha value is 0.340. The van der Waals surface area contributed by atoms with Crippen LogP contribution < -0.4 is 0 Å². The number of carbonyl (C=O) groups excluding carboxylic acids is 1. The van der Waals surface area contributed by atoms with Crippen molar-refractivity contribution in [3.63, 3.8) is 0 Å². The Morgan fingerprint density at radius 2 is 1.93 bits per heavy atom. The summed E-state index contributed by atoms with van der Waals surface area (Å²) in [6, 6.07) is 0. The molecule has 0 aromatic carbocycles. The molecule has 0 N–H and O–H groups in total. The smallest absolute Gasteiger partial charge is 0.342 e. The molecule has 0 aliphatic heterocycles. The molecule has 0 saturated heterocycles. The van der Waals surface area contributed by atoms with E-state index in [1.54, 1.807) is 0 Å². The Labute approximate surface area is 99.8 Å². The van der Waals surface area contributed by atoms with Crippen molar-refractivity contribution in [2.24, 2.45) is 5.92 Å². The summed E-state index contributed by atoms with van der Waals surface area (Å²) in [4.78, 5) is 11.1. The number of hydrogen-bond acceptors (Lipinski definition) is 2. The van der Waals surface area contributed by atoms with Crippen LogP contribution in [0, 0.1) is 5.92 Å². The van der Waals surface area contributed by atoms with Crippen LogP contribution in [0.1, 0.15) is 26.7 Å². The highest BCUT2D eigenvalue weighted by Gasteiger charge is 2.36. The number of carbonyl (C=O) groups is 1. The molecule has 0 saturated carbocycles. The molecule has 0 aliphatic carbocycles. The van der Waals surface area contributed by atoms with Crippen LogP contribution in [-0.4, -0.2) is 22.8 Å². The van der Waals surface area contributed by atoms with Crippen LogP contribution in [-0.2, 0) is 9.53 Å². The summed E-state index contributed by atoms with van der Waals surface area (Å²) in [6.45, 7) is 3.83. The first-order valence-corrected chi connectivity index (χ1v) is 5.59. The number of methoxy groups -OCH3 is 1. The minimum absolute atomic E-state index is 0.0479. The fraction of sp³-hybridized carbons (Fsp3) is 0.889. The molecule has 2 unspecified atom stereocenters. The van der Waals surface area contributed by atoms with E-state index in [-0.39, 0.29) is 11.3 Å². The van der Waals surface area contributed by atoms with Crippen molar-refractivity contribution in [1.82, 2.24) is 0 Å². The zero-order valence-corrected chi connectivity index (χ0v) is 10.8. The lowest BCUT2D eigenvalue weighted by atomic mass is 9.99. The van der Waals surface area contributed by atoms with E-state index in [1.165, 1.54) is 7.11 Å². The van der Waals surface area contributed by atoms with Gasteiger partial charge < -0.3 is 4.74 Å². The maximum atomic E-state index is 11.1. The summed E-state index contributed by atoms with van der Waals surface area (Å²) in [5.74, 6) is -0.438. The topological polar surface area (TPSA) is 26.3 Å². The highest BCUT2D eigenvalue weighted by atomic mass is 35.5. The standard InChI is InChI=1S/C9H15Cl3O2/c1-6(4-7(2)10)5-9(11,12)8(13)14-3/h6-7H,4-5H2,1-3H3. The average molecular weight is 262 g/mol. The van der Waals surface area contributed by atoms with Crippen molar-refractivity contribution in [3.8, 4) is 0 Å². The Bertz CT molecular complexity index is 192. The molecular weight excluding hydrogens is 246 g/mol. The van der Waals surface area contributed by atoms with Crippen LogP contribution in [0.5, 0.6) is 0 Å². The summed E-state index contributed by atoms with van der Waals surface area (Å²) < 4.78 is 3.03. The second-order valence-corrected chi connectivity index (χ2v) is 5.75. The number of esters is 1. The quantitative estimate of drug-likeness (QED) is 0.560. The van der Waals surface area contributed by atoms with Gasteiger partial charge in [-0.1, -0.05) is 30.1 Å². The molecule has 0 heterocycles. The SMILES string of the molecule is COC(=O)C(Cl)(Cl)CC(C)CC(C)Cl. The third-order valence-corrected chi connectivity index (χ3v) is 2.61.